The van der Waals surface area contributed by atoms with Crippen LogP contribution >= 0.6 is 0 Å². The molecule has 0 N–H and O–H groups in total. The van der Waals surface area contributed by atoms with Crippen LogP contribution in [0.15, 0.2) is 36.4 Å². The topological polar surface area (TPSA) is 0 Å². The van der Waals surface area contributed by atoms with Crippen molar-refractivity contribution in [1.29, 1.82) is 0 Å². The minimum Gasteiger partial charge on any atom is -0.206 e. The minimum atomic E-state index is -0.784. The molecule has 15 heavy (non-hydrogen) atoms. The Morgan fingerprint density at radius 2 is 1.53 bits per heavy atom. The molecule has 0 aliphatic heterocycles. The second kappa shape index (κ2) is 3.77. The molecule has 1 radical (unpaired) electrons. The van der Waals surface area contributed by atoms with Crippen LogP contribution in [0.2, 0.25) is 0 Å². The fraction of sp³-hybridized carbons (Fsp3) is 0. The van der Waals surface area contributed by atoms with Gasteiger partial charge in [-0.3, -0.25) is 0 Å². The SMILES string of the molecule is Fc1[c]cccc1-c1c(F)cccc1F. The number of hydrogen-bond donors (Lipinski definition) is 0. The van der Waals surface area contributed by atoms with Crippen molar-refractivity contribution >= 4 is 0 Å². The summed E-state index contributed by atoms with van der Waals surface area (Å²) < 4.78 is 39.8. The van der Waals surface area contributed by atoms with Gasteiger partial charge in [0.25, 0.3) is 0 Å². The molecule has 3 heteroatoms. The average Bonchev–Trinajstić information content (AvgIpc) is 2.20. The van der Waals surface area contributed by atoms with Crippen molar-refractivity contribution in [2.75, 3.05) is 0 Å². The van der Waals surface area contributed by atoms with Gasteiger partial charge in [0, 0.05) is 11.6 Å². The van der Waals surface area contributed by atoms with E-state index in [9.17, 15) is 13.2 Å². The predicted molar refractivity (Wildman–Crippen MR) is 50.6 cm³/mol. The highest BCUT2D eigenvalue weighted by molar-refractivity contribution is 5.65. The molecule has 0 saturated carbocycles. The molecule has 2 aromatic rings. The van der Waals surface area contributed by atoms with E-state index in [4.69, 9.17) is 0 Å². The second-order valence-corrected chi connectivity index (χ2v) is 2.99. The average molecular weight is 207 g/mol. The van der Waals surface area contributed by atoms with E-state index in [1.807, 2.05) is 0 Å². The smallest absolute Gasteiger partial charge is 0.139 e. The van der Waals surface area contributed by atoms with E-state index in [-0.39, 0.29) is 11.1 Å². The van der Waals surface area contributed by atoms with Crippen LogP contribution in [0.3, 0.4) is 0 Å². The lowest BCUT2D eigenvalue weighted by atomic mass is 10.0. The van der Waals surface area contributed by atoms with Crippen LogP contribution in [-0.2, 0) is 0 Å². The fourth-order valence-electron chi connectivity index (χ4n) is 1.36. The van der Waals surface area contributed by atoms with Crippen molar-refractivity contribution in [3.8, 4) is 11.1 Å². The van der Waals surface area contributed by atoms with Crippen molar-refractivity contribution in [3.05, 3.63) is 59.9 Å². The van der Waals surface area contributed by atoms with E-state index in [1.165, 1.54) is 24.3 Å². The van der Waals surface area contributed by atoms with Gasteiger partial charge < -0.3 is 0 Å². The standard InChI is InChI=1S/C12H6F3/c13-9-5-2-1-4-8(9)12-10(14)6-3-7-11(12)15/h1-4,6-7H. The summed E-state index contributed by atoms with van der Waals surface area (Å²) in [5, 5.41) is 0. The molecule has 0 amide bonds. The summed E-state index contributed by atoms with van der Waals surface area (Å²) in [6.07, 6.45) is 0. The largest absolute Gasteiger partial charge is 0.206 e. The van der Waals surface area contributed by atoms with Crippen LogP contribution in [0.25, 0.3) is 11.1 Å². The van der Waals surface area contributed by atoms with Crippen LogP contribution < -0.4 is 0 Å². The van der Waals surface area contributed by atoms with Crippen LogP contribution in [0.5, 0.6) is 0 Å². The molecule has 2 aromatic carbocycles. The molecule has 0 aliphatic rings. The lowest BCUT2D eigenvalue weighted by Crippen LogP contribution is -1.92. The first kappa shape index (κ1) is 9.77. The third-order valence-corrected chi connectivity index (χ3v) is 2.04. The summed E-state index contributed by atoms with van der Waals surface area (Å²) in [4.78, 5) is 0. The van der Waals surface area contributed by atoms with Crippen molar-refractivity contribution in [2.24, 2.45) is 0 Å². The first-order chi connectivity index (χ1) is 7.20. The lowest BCUT2D eigenvalue weighted by molar-refractivity contribution is 0.581. The van der Waals surface area contributed by atoms with Gasteiger partial charge in [-0.15, -0.1) is 0 Å². The van der Waals surface area contributed by atoms with E-state index >= 15 is 0 Å². The molecular formula is C12H6F3. The molecule has 75 valence electrons. The molecule has 0 heterocycles. The Morgan fingerprint density at radius 3 is 2.13 bits per heavy atom. The zero-order chi connectivity index (χ0) is 10.8. The summed E-state index contributed by atoms with van der Waals surface area (Å²) in [7, 11) is 0. The molecule has 0 spiro atoms. The van der Waals surface area contributed by atoms with E-state index in [0.29, 0.717) is 0 Å². The van der Waals surface area contributed by atoms with Gasteiger partial charge >= 0.3 is 0 Å². The fourth-order valence-corrected chi connectivity index (χ4v) is 1.36. The minimum absolute atomic E-state index is 0.117. The Hall–Kier alpha value is -1.77. The van der Waals surface area contributed by atoms with E-state index in [2.05, 4.69) is 6.07 Å². The first-order valence-corrected chi connectivity index (χ1v) is 4.30. The molecule has 0 saturated heterocycles. The zero-order valence-electron chi connectivity index (χ0n) is 7.60. The maximum atomic E-state index is 13.3. The van der Waals surface area contributed by atoms with Gasteiger partial charge in [0.05, 0.1) is 5.56 Å². The summed E-state index contributed by atoms with van der Waals surface area (Å²) >= 11 is 0. The Labute approximate surface area is 85.0 Å². The summed E-state index contributed by atoms with van der Waals surface area (Å²) in [5.74, 6) is -2.33. The van der Waals surface area contributed by atoms with Gasteiger partial charge in [0.1, 0.15) is 17.5 Å². The van der Waals surface area contributed by atoms with Gasteiger partial charge in [0.15, 0.2) is 0 Å². The second-order valence-electron chi connectivity index (χ2n) is 2.99. The van der Waals surface area contributed by atoms with E-state index < -0.39 is 17.5 Å². The van der Waals surface area contributed by atoms with Crippen LogP contribution in [0.1, 0.15) is 0 Å². The molecule has 2 rings (SSSR count). The third kappa shape index (κ3) is 1.73. The zero-order valence-corrected chi connectivity index (χ0v) is 7.60. The van der Waals surface area contributed by atoms with Gasteiger partial charge in [0.2, 0.25) is 0 Å². The van der Waals surface area contributed by atoms with E-state index in [0.717, 1.165) is 12.1 Å². The third-order valence-electron chi connectivity index (χ3n) is 2.04. The van der Waals surface area contributed by atoms with Crippen molar-refractivity contribution in [3.63, 3.8) is 0 Å². The van der Waals surface area contributed by atoms with Crippen LogP contribution in [0.4, 0.5) is 13.2 Å². The first-order valence-electron chi connectivity index (χ1n) is 4.30. The molecule has 0 aliphatic carbocycles. The molecule has 0 fully saturated rings. The molecule has 0 nitrogen and oxygen atoms in total. The Kier molecular flexibility index (Phi) is 2.46. The number of halogens is 3. The van der Waals surface area contributed by atoms with Gasteiger partial charge in [-0.1, -0.05) is 24.3 Å². The Balaban J connectivity index is 2.69. The molecule has 0 unspecified atom stereocenters. The van der Waals surface area contributed by atoms with Crippen LogP contribution in [-0.4, -0.2) is 0 Å². The Morgan fingerprint density at radius 1 is 0.867 bits per heavy atom. The highest BCUT2D eigenvalue weighted by atomic mass is 19.1. The van der Waals surface area contributed by atoms with Crippen molar-refractivity contribution < 1.29 is 13.2 Å². The number of benzene rings is 2. The normalized spacial score (nSPS) is 10.3. The maximum Gasteiger partial charge on any atom is 0.139 e. The van der Waals surface area contributed by atoms with Gasteiger partial charge in [-0.2, -0.15) is 0 Å². The van der Waals surface area contributed by atoms with Crippen molar-refractivity contribution in [2.45, 2.75) is 0 Å². The summed E-state index contributed by atoms with van der Waals surface area (Å²) in [6, 6.07) is 9.80. The highest BCUT2D eigenvalue weighted by Gasteiger charge is 2.13. The van der Waals surface area contributed by atoms with E-state index in [1.54, 1.807) is 0 Å². The quantitative estimate of drug-likeness (QED) is 0.670. The Bertz CT molecular complexity index is 472. The number of hydrogen-bond acceptors (Lipinski definition) is 0. The monoisotopic (exact) mass is 207 g/mol. The highest BCUT2D eigenvalue weighted by Crippen LogP contribution is 2.27. The maximum absolute atomic E-state index is 13.3. The molecule has 0 aromatic heterocycles. The summed E-state index contributed by atoms with van der Waals surface area (Å²) in [5.41, 5.74) is -0.472. The molecule has 0 bridgehead atoms. The molecular weight excluding hydrogens is 201 g/mol. The summed E-state index contributed by atoms with van der Waals surface area (Å²) in [6.45, 7) is 0. The number of rotatable bonds is 1. The molecule has 0 atom stereocenters. The predicted octanol–water partition coefficient (Wildman–Crippen LogP) is 3.57. The van der Waals surface area contributed by atoms with Gasteiger partial charge in [-0.05, 0) is 12.1 Å². The van der Waals surface area contributed by atoms with Gasteiger partial charge in [-0.25, -0.2) is 13.2 Å². The lowest BCUT2D eigenvalue weighted by Gasteiger charge is -2.05. The van der Waals surface area contributed by atoms with Crippen molar-refractivity contribution in [1.82, 2.24) is 0 Å². The van der Waals surface area contributed by atoms with Crippen LogP contribution in [0, 0.1) is 23.5 Å².